The Hall–Kier alpha value is -1.66. The first-order valence-electron chi connectivity index (χ1n) is 6.47. The monoisotopic (exact) mass is 489 g/mol. The maximum absolute atomic E-state index is 11.6. The van der Waals surface area contributed by atoms with Gasteiger partial charge in [0.2, 0.25) is 3.57 Å². The molecule has 0 spiro atoms. The number of alkyl halides is 3. The second-order valence-electron chi connectivity index (χ2n) is 4.28. The Morgan fingerprint density at radius 2 is 1.52 bits per heavy atom. The third kappa shape index (κ3) is 7.00. The molecule has 10 heteroatoms. The van der Waals surface area contributed by atoms with Crippen molar-refractivity contribution in [1.82, 2.24) is 0 Å². The Labute approximate surface area is 152 Å². The summed E-state index contributed by atoms with van der Waals surface area (Å²) in [6, 6.07) is 17.9. The van der Waals surface area contributed by atoms with E-state index in [4.69, 9.17) is 17.7 Å². The minimum absolute atomic E-state index is 0.253. The molecule has 0 saturated carbocycles. The first kappa shape index (κ1) is 21.4. The van der Waals surface area contributed by atoms with Crippen LogP contribution in [0.5, 0.6) is 0 Å². The van der Waals surface area contributed by atoms with Crippen molar-refractivity contribution < 1.29 is 56.9 Å². The lowest BCUT2D eigenvalue weighted by Crippen LogP contribution is -3.61. The van der Waals surface area contributed by atoms with Gasteiger partial charge in [-0.05, 0) is 24.3 Å². The van der Waals surface area contributed by atoms with Crippen LogP contribution in [0.25, 0.3) is 0 Å². The van der Waals surface area contributed by atoms with E-state index in [1.807, 2.05) is 42.5 Å². The molecular formula is C15H13F3IO5S+. The summed E-state index contributed by atoms with van der Waals surface area (Å²) in [6.45, 7) is 0. The Morgan fingerprint density at radius 1 is 1.04 bits per heavy atom. The van der Waals surface area contributed by atoms with Gasteiger partial charge >= 0.3 is 42.8 Å². The van der Waals surface area contributed by atoms with E-state index < -0.39 is 15.6 Å². The van der Waals surface area contributed by atoms with Gasteiger partial charge in [0.05, 0.1) is 7.11 Å². The van der Waals surface area contributed by atoms with Gasteiger partial charge in [-0.15, -0.1) is 0 Å². The molecule has 0 saturated heterocycles. The fourth-order valence-electron chi connectivity index (χ4n) is 1.41. The zero-order valence-electron chi connectivity index (χ0n) is 12.7. The zero-order valence-corrected chi connectivity index (χ0v) is 15.7. The number of carbonyl (C=O) groups is 1. The molecule has 1 N–H and O–H groups in total. The molecule has 0 radical (unpaired) electrons. The lowest BCUT2D eigenvalue weighted by atomic mass is 10.2. The number of methoxy groups -OCH3 is 1. The van der Waals surface area contributed by atoms with Crippen molar-refractivity contribution >= 4 is 16.1 Å². The highest BCUT2D eigenvalue weighted by atomic mass is 127. The van der Waals surface area contributed by atoms with Crippen LogP contribution in [0.15, 0.2) is 54.6 Å². The van der Waals surface area contributed by atoms with Gasteiger partial charge in [-0.3, -0.25) is 4.55 Å². The number of ether oxygens (including phenoxy) is 1. The predicted octanol–water partition coefficient (Wildman–Crippen LogP) is -0.00440. The summed E-state index contributed by atoms with van der Waals surface area (Å²) in [4.78, 5) is 11.6. The van der Waals surface area contributed by atoms with E-state index in [0.717, 1.165) is 3.57 Å². The molecule has 2 aromatic carbocycles. The average Bonchev–Trinajstić information content (AvgIpc) is 2.54. The summed E-state index contributed by atoms with van der Waals surface area (Å²) in [5.41, 5.74) is -4.85. The number of hydrogen-bond acceptors (Lipinski definition) is 4. The van der Waals surface area contributed by atoms with Gasteiger partial charge in [-0.1, -0.05) is 30.3 Å². The molecule has 0 aliphatic carbocycles. The second-order valence-corrected chi connectivity index (χ2v) is 8.64. The molecule has 0 aliphatic heterocycles. The van der Waals surface area contributed by atoms with E-state index >= 15 is 0 Å². The Kier molecular flexibility index (Phi) is 7.83. The van der Waals surface area contributed by atoms with E-state index in [-0.39, 0.29) is 27.2 Å². The van der Waals surface area contributed by atoms with Crippen molar-refractivity contribution in [3.05, 3.63) is 67.3 Å². The maximum Gasteiger partial charge on any atom is 0.522 e. The fourth-order valence-corrected chi connectivity index (χ4v) is 3.94. The van der Waals surface area contributed by atoms with Gasteiger partial charge in [0, 0.05) is 0 Å². The first-order valence-corrected chi connectivity index (χ1v) is 10.1. The van der Waals surface area contributed by atoms with Crippen LogP contribution in [0.1, 0.15) is 10.4 Å². The topological polar surface area (TPSA) is 80.7 Å². The summed E-state index contributed by atoms with van der Waals surface area (Å²) in [5.74, 6) is -0.253. The number of hydrogen-bond donors (Lipinski definition) is 1. The number of halogens is 4. The van der Waals surface area contributed by atoms with Gasteiger partial charge in [-0.25, -0.2) is 4.79 Å². The van der Waals surface area contributed by atoms with Crippen molar-refractivity contribution in [3.8, 4) is 0 Å². The van der Waals surface area contributed by atoms with Crippen LogP contribution in [0.2, 0.25) is 0 Å². The third-order valence-corrected chi connectivity index (χ3v) is 5.96. The van der Waals surface area contributed by atoms with Crippen LogP contribution in [0.4, 0.5) is 13.2 Å². The molecule has 0 amide bonds. The maximum atomic E-state index is 11.6. The molecule has 0 heterocycles. The largest absolute Gasteiger partial charge is 0.522 e. The van der Waals surface area contributed by atoms with Crippen molar-refractivity contribution in [2.24, 2.45) is 0 Å². The minimum atomic E-state index is -5.84. The molecular weight excluding hydrogens is 476 g/mol. The Bertz CT molecular complexity index is 807. The molecule has 0 fully saturated rings. The standard InChI is InChI=1S/C14H12IO2.CHF3O3S/c1-17-14(16)12-9-5-6-10-13(12)15-11-7-3-2-4-8-11;2-1(3,4)8(5,6)7/h2-10H,1H3;(H,5,6,7)/q+1;. The van der Waals surface area contributed by atoms with Crippen LogP contribution in [0, 0.1) is 7.14 Å². The number of esters is 1. The highest BCUT2D eigenvalue weighted by Crippen LogP contribution is 2.20. The van der Waals surface area contributed by atoms with Crippen molar-refractivity contribution in [1.29, 1.82) is 0 Å². The van der Waals surface area contributed by atoms with Crippen LogP contribution in [-0.4, -0.2) is 31.6 Å². The molecule has 5 nitrogen and oxygen atoms in total. The van der Waals surface area contributed by atoms with Crippen LogP contribution < -0.4 is 21.2 Å². The molecule has 136 valence electrons. The number of benzene rings is 2. The van der Waals surface area contributed by atoms with Crippen LogP contribution >= 0.6 is 0 Å². The molecule has 2 rings (SSSR count). The molecule has 0 atom stereocenters. The van der Waals surface area contributed by atoms with Gasteiger partial charge in [-0.2, -0.15) is 21.6 Å². The van der Waals surface area contributed by atoms with Crippen molar-refractivity contribution in [2.45, 2.75) is 5.51 Å². The predicted molar refractivity (Wildman–Crippen MR) is 79.2 cm³/mol. The van der Waals surface area contributed by atoms with Crippen molar-refractivity contribution in [3.63, 3.8) is 0 Å². The zero-order chi connectivity index (χ0) is 19.1. The third-order valence-electron chi connectivity index (χ3n) is 2.52. The second kappa shape index (κ2) is 9.15. The summed E-state index contributed by atoms with van der Waals surface area (Å²) in [6.07, 6.45) is 0. The summed E-state index contributed by atoms with van der Waals surface area (Å²) >= 11 is -0.334. The lowest BCUT2D eigenvalue weighted by molar-refractivity contribution is -0.597. The fraction of sp³-hybridized carbons (Fsp3) is 0.133. The average molecular weight is 489 g/mol. The molecule has 0 unspecified atom stereocenters. The Morgan fingerprint density at radius 3 is 2.00 bits per heavy atom. The molecule has 0 aliphatic rings. The van der Waals surface area contributed by atoms with Gasteiger partial charge < -0.3 is 4.74 Å². The summed E-state index contributed by atoms with van der Waals surface area (Å²) in [5, 5.41) is 0. The normalized spacial score (nSPS) is 11.2. The highest BCUT2D eigenvalue weighted by molar-refractivity contribution is 7.86. The van der Waals surface area contributed by atoms with E-state index in [9.17, 15) is 18.0 Å². The lowest BCUT2D eigenvalue weighted by Gasteiger charge is -1.98. The van der Waals surface area contributed by atoms with E-state index in [2.05, 4.69) is 12.1 Å². The van der Waals surface area contributed by atoms with Gasteiger partial charge in [0.15, 0.2) is 3.57 Å². The molecule has 25 heavy (non-hydrogen) atoms. The van der Waals surface area contributed by atoms with E-state index in [1.165, 1.54) is 10.7 Å². The smallest absolute Gasteiger partial charge is 0.465 e. The van der Waals surface area contributed by atoms with Crippen molar-refractivity contribution in [2.75, 3.05) is 7.11 Å². The van der Waals surface area contributed by atoms with Crippen LogP contribution in [0.3, 0.4) is 0 Å². The minimum Gasteiger partial charge on any atom is -0.465 e. The summed E-state index contributed by atoms with van der Waals surface area (Å²) in [7, 11) is -4.42. The van der Waals surface area contributed by atoms with Gasteiger partial charge in [0.25, 0.3) is 0 Å². The van der Waals surface area contributed by atoms with Crippen LogP contribution in [-0.2, 0) is 14.9 Å². The van der Waals surface area contributed by atoms with E-state index in [0.29, 0.717) is 5.56 Å². The molecule has 0 aromatic heterocycles. The Balaban J connectivity index is 0.000000333. The summed E-state index contributed by atoms with van der Waals surface area (Å²) < 4.78 is 64.7. The van der Waals surface area contributed by atoms with Gasteiger partial charge in [0.1, 0.15) is 5.56 Å². The quantitative estimate of drug-likeness (QED) is 0.284. The first-order chi connectivity index (χ1) is 11.6. The number of carbonyl (C=O) groups excluding carboxylic acids is 1. The molecule has 2 aromatic rings. The molecule has 0 bridgehead atoms. The number of rotatable bonds is 3. The van der Waals surface area contributed by atoms with E-state index in [1.54, 1.807) is 0 Å². The SMILES string of the molecule is COC(=O)c1ccccc1[I+]c1ccccc1.O=S(=O)(O)C(F)(F)F. The highest BCUT2D eigenvalue weighted by Gasteiger charge is 2.44.